The highest BCUT2D eigenvalue weighted by molar-refractivity contribution is 4.83. The Morgan fingerprint density at radius 3 is 3.22 bits per heavy atom. The molecule has 2 rings (SSSR count). The molecular formula is C13H24N4O. The molecule has 1 fully saturated rings. The summed E-state index contributed by atoms with van der Waals surface area (Å²) in [5.74, 6) is 1.55. The van der Waals surface area contributed by atoms with Crippen molar-refractivity contribution >= 4 is 0 Å². The van der Waals surface area contributed by atoms with Crippen LogP contribution in [0.25, 0.3) is 0 Å². The highest BCUT2D eigenvalue weighted by atomic mass is 16.5. The van der Waals surface area contributed by atoms with E-state index in [0.29, 0.717) is 6.04 Å². The Bertz CT molecular complexity index is 328. The van der Waals surface area contributed by atoms with Gasteiger partial charge in [0, 0.05) is 25.6 Å². The largest absolute Gasteiger partial charge is 0.343 e. The van der Waals surface area contributed by atoms with E-state index in [0.717, 1.165) is 24.7 Å². The molecule has 1 aromatic rings. The van der Waals surface area contributed by atoms with Crippen molar-refractivity contribution in [2.24, 2.45) is 5.92 Å². The van der Waals surface area contributed by atoms with Gasteiger partial charge in [0.2, 0.25) is 6.39 Å². The molecule has 0 bridgehead atoms. The first kappa shape index (κ1) is 13.5. The Morgan fingerprint density at radius 1 is 1.61 bits per heavy atom. The maximum absolute atomic E-state index is 4.72. The fraction of sp³-hybridized carbons (Fsp3) is 0.846. The van der Waals surface area contributed by atoms with E-state index >= 15 is 0 Å². The van der Waals surface area contributed by atoms with E-state index in [2.05, 4.69) is 34.2 Å². The molecule has 2 unspecified atom stereocenters. The van der Waals surface area contributed by atoms with Gasteiger partial charge in [-0.2, -0.15) is 4.98 Å². The van der Waals surface area contributed by atoms with Crippen molar-refractivity contribution in [2.45, 2.75) is 39.2 Å². The molecule has 5 nitrogen and oxygen atoms in total. The number of aromatic nitrogens is 2. The van der Waals surface area contributed by atoms with Crippen LogP contribution in [-0.2, 0) is 6.42 Å². The predicted octanol–water partition coefficient (Wildman–Crippen LogP) is 1.32. The Kier molecular flexibility index (Phi) is 5.13. The fourth-order valence-electron chi connectivity index (χ4n) is 2.67. The van der Waals surface area contributed by atoms with E-state index < -0.39 is 0 Å². The molecule has 0 aliphatic carbocycles. The van der Waals surface area contributed by atoms with Crippen LogP contribution in [-0.4, -0.2) is 47.3 Å². The molecule has 5 heteroatoms. The summed E-state index contributed by atoms with van der Waals surface area (Å²) in [6.07, 6.45) is 4.90. The van der Waals surface area contributed by atoms with Gasteiger partial charge in [0.05, 0.1) is 0 Å². The zero-order chi connectivity index (χ0) is 12.8. The average Bonchev–Trinajstić information content (AvgIpc) is 2.92. The number of piperidine rings is 1. The molecule has 102 valence electrons. The first-order valence-corrected chi connectivity index (χ1v) is 7.00. The first-order chi connectivity index (χ1) is 8.79. The maximum atomic E-state index is 4.72. The quantitative estimate of drug-likeness (QED) is 0.827. The summed E-state index contributed by atoms with van der Waals surface area (Å²) in [4.78, 5) is 6.57. The van der Waals surface area contributed by atoms with Gasteiger partial charge < -0.3 is 14.7 Å². The minimum Gasteiger partial charge on any atom is -0.343 e. The summed E-state index contributed by atoms with van der Waals surface area (Å²) in [6.45, 7) is 9.13. The lowest BCUT2D eigenvalue weighted by Crippen LogP contribution is -2.44. The lowest BCUT2D eigenvalue weighted by atomic mass is 9.91. The second kappa shape index (κ2) is 6.85. The van der Waals surface area contributed by atoms with Crippen LogP contribution < -0.4 is 5.32 Å². The highest BCUT2D eigenvalue weighted by Crippen LogP contribution is 2.19. The van der Waals surface area contributed by atoms with Gasteiger partial charge in [-0.25, -0.2) is 0 Å². The highest BCUT2D eigenvalue weighted by Gasteiger charge is 2.23. The van der Waals surface area contributed by atoms with Crippen molar-refractivity contribution in [2.75, 3.05) is 26.2 Å². The summed E-state index contributed by atoms with van der Waals surface area (Å²) < 4.78 is 4.72. The number of hydrogen-bond donors (Lipinski definition) is 1. The van der Waals surface area contributed by atoms with E-state index in [9.17, 15) is 0 Å². The molecule has 0 spiro atoms. The molecule has 0 aromatic carbocycles. The van der Waals surface area contributed by atoms with E-state index in [1.807, 2.05) is 0 Å². The third-order valence-corrected chi connectivity index (χ3v) is 3.92. The lowest BCUT2D eigenvalue weighted by molar-refractivity contribution is 0.157. The third kappa shape index (κ3) is 3.78. The molecule has 2 heterocycles. The van der Waals surface area contributed by atoms with Gasteiger partial charge in [0.25, 0.3) is 0 Å². The number of nitrogens with zero attached hydrogens (tertiary/aromatic N) is 3. The standard InChI is InChI=1S/C13H24N4O/c1-3-17-8-4-5-12(9-17)11(2)14-7-6-13-15-10-18-16-13/h10-12,14H,3-9H2,1-2H3. The minimum absolute atomic E-state index is 0.561. The fourth-order valence-corrected chi connectivity index (χ4v) is 2.67. The van der Waals surface area contributed by atoms with Gasteiger partial charge in [-0.15, -0.1) is 0 Å². The molecule has 1 saturated heterocycles. The second-order valence-corrected chi connectivity index (χ2v) is 5.14. The van der Waals surface area contributed by atoms with Crippen LogP contribution in [0.5, 0.6) is 0 Å². The molecular weight excluding hydrogens is 228 g/mol. The zero-order valence-corrected chi connectivity index (χ0v) is 11.4. The van der Waals surface area contributed by atoms with E-state index in [1.54, 1.807) is 0 Å². The molecule has 1 N–H and O–H groups in total. The normalized spacial score (nSPS) is 23.1. The van der Waals surface area contributed by atoms with Crippen LogP contribution in [0.1, 0.15) is 32.5 Å². The number of likely N-dealkylation sites (tertiary alicyclic amines) is 1. The molecule has 0 amide bonds. The Morgan fingerprint density at radius 2 is 2.50 bits per heavy atom. The van der Waals surface area contributed by atoms with Crippen LogP contribution in [0.4, 0.5) is 0 Å². The molecule has 1 aliphatic rings. The zero-order valence-electron chi connectivity index (χ0n) is 11.4. The minimum atomic E-state index is 0.561. The van der Waals surface area contributed by atoms with Crippen molar-refractivity contribution in [3.63, 3.8) is 0 Å². The van der Waals surface area contributed by atoms with Gasteiger partial charge in [-0.1, -0.05) is 12.1 Å². The van der Waals surface area contributed by atoms with Crippen LogP contribution in [0.15, 0.2) is 10.9 Å². The molecule has 0 radical (unpaired) electrons. The average molecular weight is 252 g/mol. The van der Waals surface area contributed by atoms with Gasteiger partial charge in [0.15, 0.2) is 5.82 Å². The Labute approximate surface area is 109 Å². The molecule has 18 heavy (non-hydrogen) atoms. The second-order valence-electron chi connectivity index (χ2n) is 5.14. The van der Waals surface area contributed by atoms with Gasteiger partial charge in [0.1, 0.15) is 0 Å². The first-order valence-electron chi connectivity index (χ1n) is 7.00. The maximum Gasteiger partial charge on any atom is 0.213 e. The topological polar surface area (TPSA) is 54.2 Å². The van der Waals surface area contributed by atoms with Gasteiger partial charge in [-0.3, -0.25) is 0 Å². The van der Waals surface area contributed by atoms with Gasteiger partial charge in [-0.05, 0) is 38.8 Å². The van der Waals surface area contributed by atoms with Crippen molar-refractivity contribution in [3.8, 4) is 0 Å². The Hall–Kier alpha value is -0.940. The van der Waals surface area contributed by atoms with Crippen LogP contribution in [0.2, 0.25) is 0 Å². The van der Waals surface area contributed by atoms with E-state index in [4.69, 9.17) is 4.52 Å². The van der Waals surface area contributed by atoms with E-state index in [1.165, 1.54) is 38.9 Å². The van der Waals surface area contributed by atoms with Crippen molar-refractivity contribution < 1.29 is 4.52 Å². The lowest BCUT2D eigenvalue weighted by Gasteiger charge is -2.35. The summed E-state index contributed by atoms with van der Waals surface area (Å²) in [5.41, 5.74) is 0. The molecule has 1 aromatic heterocycles. The summed E-state index contributed by atoms with van der Waals surface area (Å²) in [7, 11) is 0. The van der Waals surface area contributed by atoms with Crippen LogP contribution in [0, 0.1) is 5.92 Å². The Balaban J connectivity index is 1.68. The van der Waals surface area contributed by atoms with Crippen molar-refractivity contribution in [1.82, 2.24) is 20.4 Å². The van der Waals surface area contributed by atoms with Crippen LogP contribution in [0.3, 0.4) is 0 Å². The SMILES string of the molecule is CCN1CCCC(C(C)NCCc2ncon2)C1. The smallest absolute Gasteiger partial charge is 0.213 e. The predicted molar refractivity (Wildman–Crippen MR) is 70.3 cm³/mol. The van der Waals surface area contributed by atoms with Crippen molar-refractivity contribution in [1.29, 1.82) is 0 Å². The summed E-state index contributed by atoms with van der Waals surface area (Å²) >= 11 is 0. The summed E-state index contributed by atoms with van der Waals surface area (Å²) in [6, 6.07) is 0.561. The molecule has 2 atom stereocenters. The number of hydrogen-bond acceptors (Lipinski definition) is 5. The van der Waals surface area contributed by atoms with Crippen LogP contribution >= 0.6 is 0 Å². The third-order valence-electron chi connectivity index (χ3n) is 3.92. The monoisotopic (exact) mass is 252 g/mol. The van der Waals surface area contributed by atoms with E-state index in [-0.39, 0.29) is 0 Å². The summed E-state index contributed by atoms with van der Waals surface area (Å²) in [5, 5.41) is 7.40. The molecule has 0 saturated carbocycles. The molecule has 1 aliphatic heterocycles. The van der Waals surface area contributed by atoms with Crippen molar-refractivity contribution in [3.05, 3.63) is 12.2 Å². The van der Waals surface area contributed by atoms with Gasteiger partial charge >= 0.3 is 0 Å². The number of nitrogens with one attached hydrogen (secondary N) is 1. The number of rotatable bonds is 6.